The van der Waals surface area contributed by atoms with Crippen LogP contribution < -0.4 is 15.8 Å². The lowest BCUT2D eigenvalue weighted by molar-refractivity contribution is -0.117. The molecule has 2 N–H and O–H groups in total. The van der Waals surface area contributed by atoms with Crippen LogP contribution in [0.4, 0.5) is 5.69 Å². The van der Waals surface area contributed by atoms with Crippen LogP contribution in [0.25, 0.3) is 6.08 Å². The molecule has 0 saturated carbocycles. The second-order valence-electron chi connectivity index (χ2n) is 5.01. The van der Waals surface area contributed by atoms with Crippen LogP contribution in [0.2, 0.25) is 0 Å². The molecule has 1 aromatic carbocycles. The van der Waals surface area contributed by atoms with Crippen molar-refractivity contribution in [2.75, 3.05) is 19.0 Å². The van der Waals surface area contributed by atoms with Gasteiger partial charge < -0.3 is 4.90 Å². The van der Waals surface area contributed by atoms with E-state index in [1.54, 1.807) is 42.7 Å². The maximum absolute atomic E-state index is 12.0. The summed E-state index contributed by atoms with van der Waals surface area (Å²) in [6.45, 7) is 0. The molecule has 1 aromatic heterocycles. The van der Waals surface area contributed by atoms with E-state index in [1.807, 2.05) is 31.1 Å². The highest BCUT2D eigenvalue weighted by Gasteiger charge is 2.07. The van der Waals surface area contributed by atoms with Crippen molar-refractivity contribution in [3.8, 4) is 0 Å². The number of amides is 2. The number of rotatable bonds is 4. The fraction of sp³-hybridized carbons (Fsp3) is 0.118. The molecule has 2 amide bonds. The minimum Gasteiger partial charge on any atom is -0.378 e. The third-order valence-electron chi connectivity index (χ3n) is 3.04. The number of hydrogen-bond donors (Lipinski definition) is 2. The lowest BCUT2D eigenvalue weighted by Gasteiger charge is -2.13. The third kappa shape index (κ3) is 4.96. The standard InChI is InChI=1S/C17H18N4O2/c1-21(2)15-7-3-6-14(11-15)17(23)20-19-16(22)9-8-13-5-4-10-18-12-13/h3-12H,1-2H3,(H,19,22)(H,20,23)/b9-8+. The molecule has 2 aromatic rings. The summed E-state index contributed by atoms with van der Waals surface area (Å²) in [5.41, 5.74) is 6.89. The van der Waals surface area contributed by atoms with E-state index in [4.69, 9.17) is 0 Å². The molecule has 0 spiro atoms. The van der Waals surface area contributed by atoms with Gasteiger partial charge in [-0.1, -0.05) is 12.1 Å². The first-order valence-electron chi connectivity index (χ1n) is 7.02. The normalized spacial score (nSPS) is 10.3. The van der Waals surface area contributed by atoms with Gasteiger partial charge in [0.15, 0.2) is 0 Å². The quantitative estimate of drug-likeness (QED) is 0.665. The van der Waals surface area contributed by atoms with Gasteiger partial charge in [0, 0.05) is 43.8 Å². The monoisotopic (exact) mass is 310 g/mol. The molecule has 0 fully saturated rings. The number of anilines is 1. The smallest absolute Gasteiger partial charge is 0.269 e. The van der Waals surface area contributed by atoms with E-state index in [1.165, 1.54) is 6.08 Å². The van der Waals surface area contributed by atoms with Crippen molar-refractivity contribution in [3.05, 3.63) is 66.0 Å². The van der Waals surface area contributed by atoms with Crippen LogP contribution in [0.3, 0.4) is 0 Å². The van der Waals surface area contributed by atoms with Crippen molar-refractivity contribution < 1.29 is 9.59 Å². The van der Waals surface area contributed by atoms with E-state index in [9.17, 15) is 9.59 Å². The second kappa shape index (κ2) is 7.74. The summed E-state index contributed by atoms with van der Waals surface area (Å²) >= 11 is 0. The SMILES string of the molecule is CN(C)c1cccc(C(=O)NNC(=O)/C=C/c2cccnc2)c1. The molecule has 2 rings (SSSR count). The van der Waals surface area contributed by atoms with Crippen molar-refractivity contribution in [1.82, 2.24) is 15.8 Å². The minimum absolute atomic E-state index is 0.378. The molecule has 6 nitrogen and oxygen atoms in total. The zero-order valence-electron chi connectivity index (χ0n) is 13.0. The van der Waals surface area contributed by atoms with Crippen LogP contribution >= 0.6 is 0 Å². The Morgan fingerprint density at radius 3 is 2.65 bits per heavy atom. The molecule has 0 atom stereocenters. The largest absolute Gasteiger partial charge is 0.378 e. The molecule has 0 aliphatic heterocycles. The maximum Gasteiger partial charge on any atom is 0.269 e. The van der Waals surface area contributed by atoms with E-state index >= 15 is 0 Å². The summed E-state index contributed by atoms with van der Waals surface area (Å²) in [7, 11) is 3.78. The van der Waals surface area contributed by atoms with Gasteiger partial charge in [0.05, 0.1) is 0 Å². The summed E-state index contributed by atoms with van der Waals surface area (Å²) < 4.78 is 0. The van der Waals surface area contributed by atoms with Gasteiger partial charge in [-0.2, -0.15) is 0 Å². The molecule has 0 saturated heterocycles. The Hall–Kier alpha value is -3.15. The summed E-state index contributed by atoms with van der Waals surface area (Å²) in [5.74, 6) is -0.803. The first-order valence-corrected chi connectivity index (χ1v) is 7.02. The lowest BCUT2D eigenvalue weighted by Crippen LogP contribution is -2.40. The fourth-order valence-corrected chi connectivity index (χ4v) is 1.80. The lowest BCUT2D eigenvalue weighted by atomic mass is 10.2. The fourth-order valence-electron chi connectivity index (χ4n) is 1.80. The number of pyridine rings is 1. The van der Waals surface area contributed by atoms with Crippen molar-refractivity contribution in [3.63, 3.8) is 0 Å². The van der Waals surface area contributed by atoms with Crippen LogP contribution in [-0.2, 0) is 4.79 Å². The highest BCUT2D eigenvalue weighted by Crippen LogP contribution is 2.12. The second-order valence-corrected chi connectivity index (χ2v) is 5.01. The summed E-state index contributed by atoms with van der Waals surface area (Å²) in [5, 5.41) is 0. The van der Waals surface area contributed by atoms with Crippen LogP contribution in [-0.4, -0.2) is 30.9 Å². The number of nitrogens with zero attached hydrogens (tertiary/aromatic N) is 2. The number of hydrogen-bond acceptors (Lipinski definition) is 4. The topological polar surface area (TPSA) is 74.3 Å². The molecule has 118 valence electrons. The highest BCUT2D eigenvalue weighted by molar-refractivity contribution is 5.98. The molecule has 0 aliphatic carbocycles. The zero-order chi connectivity index (χ0) is 16.7. The van der Waals surface area contributed by atoms with Crippen LogP contribution in [0.15, 0.2) is 54.9 Å². The van der Waals surface area contributed by atoms with Crippen LogP contribution in [0, 0.1) is 0 Å². The van der Waals surface area contributed by atoms with Crippen LogP contribution in [0.1, 0.15) is 15.9 Å². The van der Waals surface area contributed by atoms with E-state index in [2.05, 4.69) is 15.8 Å². The number of hydrazine groups is 1. The molecule has 6 heteroatoms. The van der Waals surface area contributed by atoms with Crippen molar-refractivity contribution in [1.29, 1.82) is 0 Å². The predicted octanol–water partition coefficient (Wildman–Crippen LogP) is 1.62. The molecule has 1 heterocycles. The Labute approximate surface area is 134 Å². The third-order valence-corrected chi connectivity index (χ3v) is 3.04. The van der Waals surface area contributed by atoms with Gasteiger partial charge in [-0.05, 0) is 35.9 Å². The predicted molar refractivity (Wildman–Crippen MR) is 89.6 cm³/mol. The van der Waals surface area contributed by atoms with Gasteiger partial charge in [-0.3, -0.25) is 25.4 Å². The van der Waals surface area contributed by atoms with Gasteiger partial charge in [0.2, 0.25) is 0 Å². The average molecular weight is 310 g/mol. The van der Waals surface area contributed by atoms with Crippen LogP contribution in [0.5, 0.6) is 0 Å². The Balaban J connectivity index is 1.90. The van der Waals surface area contributed by atoms with E-state index in [0.29, 0.717) is 5.56 Å². The summed E-state index contributed by atoms with van der Waals surface area (Å²) in [4.78, 5) is 29.5. The van der Waals surface area contributed by atoms with Gasteiger partial charge in [-0.15, -0.1) is 0 Å². The molecular weight excluding hydrogens is 292 g/mol. The van der Waals surface area contributed by atoms with Gasteiger partial charge in [0.1, 0.15) is 0 Å². The molecule has 0 unspecified atom stereocenters. The summed E-state index contributed by atoms with van der Waals surface area (Å²) in [6.07, 6.45) is 6.23. The Bertz CT molecular complexity index is 712. The van der Waals surface area contributed by atoms with Crippen molar-refractivity contribution in [2.45, 2.75) is 0 Å². The number of benzene rings is 1. The number of aromatic nitrogens is 1. The van der Waals surface area contributed by atoms with Gasteiger partial charge in [0.25, 0.3) is 11.8 Å². The number of carbonyl (C=O) groups is 2. The van der Waals surface area contributed by atoms with E-state index in [0.717, 1.165) is 11.3 Å². The van der Waals surface area contributed by atoms with Gasteiger partial charge >= 0.3 is 0 Å². The van der Waals surface area contributed by atoms with Gasteiger partial charge in [-0.25, -0.2) is 0 Å². The van der Waals surface area contributed by atoms with Crippen molar-refractivity contribution >= 4 is 23.6 Å². The first-order chi connectivity index (χ1) is 11.1. The molecular formula is C17H18N4O2. The highest BCUT2D eigenvalue weighted by atomic mass is 16.2. The Morgan fingerprint density at radius 1 is 1.13 bits per heavy atom. The molecule has 0 aliphatic rings. The minimum atomic E-state index is -0.425. The number of nitrogens with one attached hydrogen (secondary N) is 2. The first kappa shape index (κ1) is 16.2. The zero-order valence-corrected chi connectivity index (χ0v) is 13.0. The number of carbonyl (C=O) groups excluding carboxylic acids is 2. The molecule has 0 bridgehead atoms. The summed E-state index contributed by atoms with van der Waals surface area (Å²) in [6, 6.07) is 10.7. The molecule has 0 radical (unpaired) electrons. The van der Waals surface area contributed by atoms with Crippen molar-refractivity contribution in [2.24, 2.45) is 0 Å². The average Bonchev–Trinajstić information content (AvgIpc) is 2.58. The maximum atomic E-state index is 12.0. The van der Waals surface area contributed by atoms with E-state index in [-0.39, 0.29) is 5.91 Å². The molecule has 23 heavy (non-hydrogen) atoms. The van der Waals surface area contributed by atoms with E-state index < -0.39 is 5.91 Å². The Kier molecular flexibility index (Phi) is 5.46. The Morgan fingerprint density at radius 2 is 1.96 bits per heavy atom.